The maximum absolute atomic E-state index is 8.82. The van der Waals surface area contributed by atoms with E-state index in [9.17, 15) is 0 Å². The van der Waals surface area contributed by atoms with E-state index in [1.807, 2.05) is 12.1 Å². The third kappa shape index (κ3) is 2.34. The molecule has 3 nitrogen and oxygen atoms in total. The first kappa shape index (κ1) is 10.5. The zero-order valence-electron chi connectivity index (χ0n) is 7.85. The molecule has 1 N–H and O–H groups in total. The van der Waals surface area contributed by atoms with Gasteiger partial charge in [0, 0.05) is 31.0 Å². The minimum absolute atomic E-state index is 0.0687. The number of rotatable bonds is 3. The molecule has 0 aliphatic carbocycles. The topological polar surface area (TPSA) is 46.0 Å². The standard InChI is InChI=1S/C10H9ClN2OS/c11-9-8(3-6-14)13-10(15-9)7-1-4-12-5-2-7/h1-2,4-5,14H,3,6H2. The Hall–Kier alpha value is -0.970. The summed E-state index contributed by atoms with van der Waals surface area (Å²) in [6.07, 6.45) is 3.94. The van der Waals surface area contributed by atoms with Crippen LogP contribution in [0.15, 0.2) is 24.5 Å². The molecular weight excluding hydrogens is 232 g/mol. The van der Waals surface area contributed by atoms with Crippen LogP contribution in [0.5, 0.6) is 0 Å². The second kappa shape index (κ2) is 4.70. The van der Waals surface area contributed by atoms with Gasteiger partial charge in [0.1, 0.15) is 9.34 Å². The first-order chi connectivity index (χ1) is 7.31. The van der Waals surface area contributed by atoms with Gasteiger partial charge in [0.25, 0.3) is 0 Å². The summed E-state index contributed by atoms with van der Waals surface area (Å²) in [6, 6.07) is 3.77. The lowest BCUT2D eigenvalue weighted by Crippen LogP contribution is -1.91. The third-order valence-electron chi connectivity index (χ3n) is 1.93. The van der Waals surface area contributed by atoms with Crippen molar-refractivity contribution >= 4 is 22.9 Å². The number of aromatic nitrogens is 2. The van der Waals surface area contributed by atoms with Gasteiger partial charge in [0.2, 0.25) is 0 Å². The van der Waals surface area contributed by atoms with E-state index in [0.29, 0.717) is 10.8 Å². The lowest BCUT2D eigenvalue weighted by molar-refractivity contribution is 0.298. The monoisotopic (exact) mass is 240 g/mol. The van der Waals surface area contributed by atoms with Crippen molar-refractivity contribution in [1.82, 2.24) is 9.97 Å². The Kier molecular flexibility index (Phi) is 3.30. The molecule has 15 heavy (non-hydrogen) atoms. The molecule has 2 heterocycles. The number of nitrogens with zero attached hydrogens (tertiary/aromatic N) is 2. The smallest absolute Gasteiger partial charge is 0.125 e. The van der Waals surface area contributed by atoms with Crippen molar-refractivity contribution in [3.63, 3.8) is 0 Å². The van der Waals surface area contributed by atoms with E-state index in [-0.39, 0.29) is 6.61 Å². The Morgan fingerprint density at radius 2 is 2.07 bits per heavy atom. The molecule has 0 spiro atoms. The summed E-state index contributed by atoms with van der Waals surface area (Å²) in [5.41, 5.74) is 1.76. The number of hydrogen-bond acceptors (Lipinski definition) is 4. The first-order valence-corrected chi connectivity index (χ1v) is 5.67. The normalized spacial score (nSPS) is 10.5. The summed E-state index contributed by atoms with van der Waals surface area (Å²) in [5.74, 6) is 0. The summed E-state index contributed by atoms with van der Waals surface area (Å²) in [5, 5.41) is 9.69. The molecular formula is C10H9ClN2OS. The van der Waals surface area contributed by atoms with Crippen LogP contribution in [0.1, 0.15) is 5.69 Å². The molecule has 0 amide bonds. The van der Waals surface area contributed by atoms with Gasteiger partial charge in [-0.05, 0) is 12.1 Å². The number of halogens is 1. The van der Waals surface area contributed by atoms with Crippen LogP contribution in [0.3, 0.4) is 0 Å². The van der Waals surface area contributed by atoms with E-state index in [1.165, 1.54) is 11.3 Å². The van der Waals surface area contributed by atoms with Crippen molar-refractivity contribution < 1.29 is 5.11 Å². The Bertz CT molecular complexity index is 444. The highest BCUT2D eigenvalue weighted by atomic mass is 35.5. The molecule has 0 fully saturated rings. The van der Waals surface area contributed by atoms with Crippen LogP contribution in [-0.4, -0.2) is 21.7 Å². The fourth-order valence-electron chi connectivity index (χ4n) is 1.21. The van der Waals surface area contributed by atoms with Gasteiger partial charge >= 0.3 is 0 Å². The average molecular weight is 241 g/mol. The zero-order valence-corrected chi connectivity index (χ0v) is 9.42. The van der Waals surface area contributed by atoms with Gasteiger partial charge in [0.05, 0.1) is 5.69 Å². The molecule has 0 aromatic carbocycles. The van der Waals surface area contributed by atoms with Crippen molar-refractivity contribution in [1.29, 1.82) is 0 Å². The fraction of sp³-hybridized carbons (Fsp3) is 0.200. The highest BCUT2D eigenvalue weighted by Gasteiger charge is 2.09. The van der Waals surface area contributed by atoms with Crippen LogP contribution in [0.25, 0.3) is 10.6 Å². The van der Waals surface area contributed by atoms with Crippen LogP contribution in [0.4, 0.5) is 0 Å². The van der Waals surface area contributed by atoms with E-state index in [4.69, 9.17) is 16.7 Å². The van der Waals surface area contributed by atoms with Gasteiger partial charge in [-0.3, -0.25) is 4.98 Å². The van der Waals surface area contributed by atoms with Gasteiger partial charge in [-0.15, -0.1) is 11.3 Å². The highest BCUT2D eigenvalue weighted by Crippen LogP contribution is 2.31. The van der Waals surface area contributed by atoms with Crippen LogP contribution in [-0.2, 0) is 6.42 Å². The minimum atomic E-state index is 0.0687. The molecule has 0 aliphatic rings. The summed E-state index contributed by atoms with van der Waals surface area (Å²) >= 11 is 7.43. The van der Waals surface area contributed by atoms with Crippen LogP contribution >= 0.6 is 22.9 Å². The number of pyridine rings is 1. The largest absolute Gasteiger partial charge is 0.396 e. The molecule has 5 heteroatoms. The van der Waals surface area contributed by atoms with Crippen LogP contribution < -0.4 is 0 Å². The SMILES string of the molecule is OCCc1nc(-c2ccncc2)sc1Cl. The molecule has 0 saturated carbocycles. The van der Waals surface area contributed by atoms with Gasteiger partial charge < -0.3 is 5.11 Å². The van der Waals surface area contributed by atoms with Gasteiger partial charge in [-0.1, -0.05) is 11.6 Å². The van der Waals surface area contributed by atoms with Gasteiger partial charge in [-0.2, -0.15) is 0 Å². The number of aliphatic hydroxyl groups is 1. The first-order valence-electron chi connectivity index (χ1n) is 4.47. The lowest BCUT2D eigenvalue weighted by Gasteiger charge is -1.93. The molecule has 2 aromatic heterocycles. The lowest BCUT2D eigenvalue weighted by atomic mass is 10.3. The van der Waals surface area contributed by atoms with Crippen LogP contribution in [0.2, 0.25) is 4.34 Å². The number of aliphatic hydroxyl groups excluding tert-OH is 1. The minimum Gasteiger partial charge on any atom is -0.396 e. The zero-order chi connectivity index (χ0) is 10.7. The summed E-state index contributed by atoms with van der Waals surface area (Å²) in [6.45, 7) is 0.0687. The van der Waals surface area contributed by atoms with Crippen molar-refractivity contribution in [2.45, 2.75) is 6.42 Å². The molecule has 2 aromatic rings. The van der Waals surface area contributed by atoms with E-state index in [0.717, 1.165) is 16.3 Å². The fourth-order valence-corrected chi connectivity index (χ4v) is 2.41. The van der Waals surface area contributed by atoms with Crippen molar-refractivity contribution in [2.75, 3.05) is 6.61 Å². The van der Waals surface area contributed by atoms with E-state index in [1.54, 1.807) is 12.4 Å². The second-order valence-corrected chi connectivity index (χ2v) is 4.55. The predicted molar refractivity (Wildman–Crippen MR) is 61.1 cm³/mol. The Balaban J connectivity index is 2.34. The van der Waals surface area contributed by atoms with Gasteiger partial charge in [-0.25, -0.2) is 4.98 Å². The van der Waals surface area contributed by atoms with Crippen molar-refractivity contribution in [2.24, 2.45) is 0 Å². The molecule has 78 valence electrons. The molecule has 0 atom stereocenters. The predicted octanol–water partition coefficient (Wildman–Crippen LogP) is 2.39. The Labute approximate surface area is 96.4 Å². The van der Waals surface area contributed by atoms with Crippen LogP contribution in [0, 0.1) is 0 Å². The van der Waals surface area contributed by atoms with Crippen molar-refractivity contribution in [3.8, 4) is 10.6 Å². The molecule has 0 bridgehead atoms. The second-order valence-electron chi connectivity index (χ2n) is 2.95. The summed E-state index contributed by atoms with van der Waals surface area (Å²) in [7, 11) is 0. The number of thiazole rings is 1. The molecule has 0 saturated heterocycles. The maximum Gasteiger partial charge on any atom is 0.125 e. The molecule has 0 aliphatic heterocycles. The van der Waals surface area contributed by atoms with Crippen molar-refractivity contribution in [3.05, 3.63) is 34.6 Å². The highest BCUT2D eigenvalue weighted by molar-refractivity contribution is 7.19. The summed E-state index contributed by atoms with van der Waals surface area (Å²) < 4.78 is 0.649. The Morgan fingerprint density at radius 1 is 1.33 bits per heavy atom. The number of hydrogen-bond donors (Lipinski definition) is 1. The van der Waals surface area contributed by atoms with E-state index >= 15 is 0 Å². The van der Waals surface area contributed by atoms with E-state index < -0.39 is 0 Å². The molecule has 2 rings (SSSR count). The average Bonchev–Trinajstić information content (AvgIpc) is 2.63. The third-order valence-corrected chi connectivity index (χ3v) is 3.31. The molecule has 0 unspecified atom stereocenters. The van der Waals surface area contributed by atoms with Gasteiger partial charge in [0.15, 0.2) is 0 Å². The summed E-state index contributed by atoms with van der Waals surface area (Å²) in [4.78, 5) is 8.31. The quantitative estimate of drug-likeness (QED) is 0.896. The maximum atomic E-state index is 8.82. The molecule has 0 radical (unpaired) electrons. The Morgan fingerprint density at radius 3 is 2.73 bits per heavy atom. The van der Waals surface area contributed by atoms with E-state index in [2.05, 4.69) is 9.97 Å².